The number of nitriles is 1. The molecule has 0 saturated heterocycles. The molecule has 0 amide bonds. The number of hydrogen-bond donors (Lipinski definition) is 0. The van der Waals surface area contributed by atoms with E-state index in [1.165, 1.54) is 0 Å². The summed E-state index contributed by atoms with van der Waals surface area (Å²) in [6.45, 7) is 5.78. The summed E-state index contributed by atoms with van der Waals surface area (Å²) in [5.41, 5.74) is 0. The van der Waals surface area contributed by atoms with Crippen LogP contribution in [0, 0.1) is 11.3 Å². The number of hydrogen-bond acceptors (Lipinski definition) is 3. The summed E-state index contributed by atoms with van der Waals surface area (Å²) in [4.78, 5) is 0. The molecule has 0 unspecified atom stereocenters. The molecule has 0 saturated carbocycles. The molecule has 0 rings (SSSR count). The van der Waals surface area contributed by atoms with E-state index in [0.717, 1.165) is 71.0 Å². The lowest BCUT2D eigenvalue weighted by Gasteiger charge is -2.18. The lowest BCUT2D eigenvalue weighted by Crippen LogP contribution is -2.18. The van der Waals surface area contributed by atoms with Gasteiger partial charge in [-0.1, -0.05) is 38.2 Å². The average molecular weight is 322 g/mol. The Hall–Kier alpha value is -1.11. The van der Waals surface area contributed by atoms with Gasteiger partial charge in [0.15, 0.2) is 6.29 Å². The SMILES string of the molecule is CC/C=C\CCCOC(CCCCC#N)OCCC/C=C\CC. The highest BCUT2D eigenvalue weighted by atomic mass is 16.7. The van der Waals surface area contributed by atoms with E-state index in [-0.39, 0.29) is 6.29 Å². The van der Waals surface area contributed by atoms with E-state index in [9.17, 15) is 0 Å². The van der Waals surface area contributed by atoms with Gasteiger partial charge in [0.05, 0.1) is 19.3 Å². The van der Waals surface area contributed by atoms with Gasteiger partial charge in [0.25, 0.3) is 0 Å². The predicted molar refractivity (Wildman–Crippen MR) is 97.1 cm³/mol. The second kappa shape index (κ2) is 18.9. The molecular formula is C20H35NO2. The molecule has 0 fully saturated rings. The van der Waals surface area contributed by atoms with E-state index >= 15 is 0 Å². The minimum atomic E-state index is -0.112. The van der Waals surface area contributed by atoms with Crippen molar-refractivity contribution >= 4 is 0 Å². The fourth-order valence-electron chi connectivity index (χ4n) is 2.13. The van der Waals surface area contributed by atoms with Crippen LogP contribution < -0.4 is 0 Å². The summed E-state index contributed by atoms with van der Waals surface area (Å²) in [6, 6.07) is 2.19. The van der Waals surface area contributed by atoms with Crippen LogP contribution in [-0.4, -0.2) is 19.5 Å². The predicted octanol–water partition coefficient (Wildman–Crippen LogP) is 5.92. The molecule has 0 radical (unpaired) electrons. The van der Waals surface area contributed by atoms with Crippen LogP contribution >= 0.6 is 0 Å². The maximum atomic E-state index is 8.59. The van der Waals surface area contributed by atoms with Crippen molar-refractivity contribution in [3.63, 3.8) is 0 Å². The normalized spacial score (nSPS) is 11.7. The Morgan fingerprint density at radius 1 is 0.826 bits per heavy atom. The lowest BCUT2D eigenvalue weighted by molar-refractivity contribution is -0.147. The summed E-state index contributed by atoms with van der Waals surface area (Å²) in [5, 5.41) is 8.59. The van der Waals surface area contributed by atoms with Crippen molar-refractivity contribution in [2.75, 3.05) is 13.2 Å². The fourth-order valence-corrected chi connectivity index (χ4v) is 2.13. The van der Waals surface area contributed by atoms with E-state index in [0.29, 0.717) is 6.42 Å². The van der Waals surface area contributed by atoms with Crippen LogP contribution in [0.15, 0.2) is 24.3 Å². The van der Waals surface area contributed by atoms with Crippen molar-refractivity contribution in [2.24, 2.45) is 0 Å². The molecule has 0 aliphatic carbocycles. The fraction of sp³-hybridized carbons (Fsp3) is 0.750. The number of nitrogens with zero attached hydrogens (tertiary/aromatic N) is 1. The minimum absolute atomic E-state index is 0.112. The van der Waals surface area contributed by atoms with Crippen LogP contribution in [0.3, 0.4) is 0 Å². The smallest absolute Gasteiger partial charge is 0.157 e. The second-order valence-corrected chi connectivity index (χ2v) is 5.62. The highest BCUT2D eigenvalue weighted by Crippen LogP contribution is 2.10. The van der Waals surface area contributed by atoms with Gasteiger partial charge in [-0.25, -0.2) is 0 Å². The standard InChI is InChI=1S/C20H35NO2/c1-3-5-7-9-14-18-22-20(16-12-11-13-17-21)23-19-15-10-8-6-4-2/h5-8,20H,3-4,9-16,18-19H2,1-2H3/b7-5-,8-6-. The first-order valence-corrected chi connectivity index (χ1v) is 9.25. The molecule has 0 spiro atoms. The quantitative estimate of drug-likeness (QED) is 0.201. The number of allylic oxidation sites excluding steroid dienone is 4. The molecule has 0 N–H and O–H groups in total. The maximum absolute atomic E-state index is 8.59. The van der Waals surface area contributed by atoms with Crippen molar-refractivity contribution in [2.45, 2.75) is 84.3 Å². The van der Waals surface area contributed by atoms with Crippen LogP contribution in [0.1, 0.15) is 78.1 Å². The van der Waals surface area contributed by atoms with Gasteiger partial charge in [0.2, 0.25) is 0 Å². The van der Waals surface area contributed by atoms with Crippen molar-refractivity contribution in [3.05, 3.63) is 24.3 Å². The third kappa shape index (κ3) is 17.1. The van der Waals surface area contributed by atoms with Gasteiger partial charge in [0, 0.05) is 6.42 Å². The Labute approximate surface area is 143 Å². The van der Waals surface area contributed by atoms with Crippen LogP contribution in [0.5, 0.6) is 0 Å². The molecule has 0 aromatic rings. The van der Waals surface area contributed by atoms with Crippen molar-refractivity contribution in [3.8, 4) is 6.07 Å². The van der Waals surface area contributed by atoms with Crippen molar-refractivity contribution in [1.29, 1.82) is 5.26 Å². The van der Waals surface area contributed by atoms with Crippen LogP contribution in [0.2, 0.25) is 0 Å². The molecule has 0 heterocycles. The van der Waals surface area contributed by atoms with Crippen molar-refractivity contribution in [1.82, 2.24) is 0 Å². The van der Waals surface area contributed by atoms with Gasteiger partial charge in [-0.2, -0.15) is 5.26 Å². The minimum Gasteiger partial charge on any atom is -0.353 e. The average Bonchev–Trinajstić information content (AvgIpc) is 2.57. The van der Waals surface area contributed by atoms with Crippen LogP contribution in [0.4, 0.5) is 0 Å². The van der Waals surface area contributed by atoms with Gasteiger partial charge in [0.1, 0.15) is 0 Å². The van der Waals surface area contributed by atoms with Gasteiger partial charge in [-0.15, -0.1) is 0 Å². The number of unbranched alkanes of at least 4 members (excludes halogenated alkanes) is 4. The van der Waals surface area contributed by atoms with Gasteiger partial charge in [-0.05, 0) is 57.8 Å². The molecule has 0 bridgehead atoms. The summed E-state index contributed by atoms with van der Waals surface area (Å²) in [7, 11) is 0. The molecule has 0 aliphatic heterocycles. The van der Waals surface area contributed by atoms with E-state index in [1.807, 2.05) is 0 Å². The highest BCUT2D eigenvalue weighted by molar-refractivity contribution is 4.80. The molecular weight excluding hydrogens is 286 g/mol. The van der Waals surface area contributed by atoms with Gasteiger partial charge in [-0.3, -0.25) is 0 Å². The Morgan fingerprint density at radius 3 is 1.87 bits per heavy atom. The highest BCUT2D eigenvalue weighted by Gasteiger charge is 2.08. The number of ether oxygens (including phenoxy) is 2. The molecule has 0 aromatic carbocycles. The zero-order valence-corrected chi connectivity index (χ0v) is 15.1. The Kier molecular flexibility index (Phi) is 18.0. The Bertz CT molecular complexity index is 309. The second-order valence-electron chi connectivity index (χ2n) is 5.62. The zero-order chi connectivity index (χ0) is 17.0. The monoisotopic (exact) mass is 321 g/mol. The summed E-state index contributed by atoms with van der Waals surface area (Å²) in [6.07, 6.45) is 18.5. The zero-order valence-electron chi connectivity index (χ0n) is 15.1. The third-order valence-electron chi connectivity index (χ3n) is 3.42. The lowest BCUT2D eigenvalue weighted by atomic mass is 10.2. The molecule has 3 heteroatoms. The third-order valence-corrected chi connectivity index (χ3v) is 3.42. The first-order valence-electron chi connectivity index (χ1n) is 9.25. The van der Waals surface area contributed by atoms with E-state index in [1.54, 1.807) is 0 Å². The summed E-state index contributed by atoms with van der Waals surface area (Å²) >= 11 is 0. The summed E-state index contributed by atoms with van der Waals surface area (Å²) in [5.74, 6) is 0. The van der Waals surface area contributed by atoms with Crippen LogP contribution in [-0.2, 0) is 9.47 Å². The topological polar surface area (TPSA) is 42.2 Å². The Balaban J connectivity index is 3.85. The Morgan fingerprint density at radius 2 is 1.39 bits per heavy atom. The molecule has 132 valence electrons. The first-order chi connectivity index (χ1) is 11.3. The van der Waals surface area contributed by atoms with Gasteiger partial charge < -0.3 is 9.47 Å². The van der Waals surface area contributed by atoms with E-state index in [2.05, 4.69) is 44.2 Å². The summed E-state index contributed by atoms with van der Waals surface area (Å²) < 4.78 is 11.7. The van der Waals surface area contributed by atoms with E-state index in [4.69, 9.17) is 14.7 Å². The maximum Gasteiger partial charge on any atom is 0.157 e. The molecule has 0 atom stereocenters. The molecule has 0 aromatic heterocycles. The van der Waals surface area contributed by atoms with Crippen LogP contribution in [0.25, 0.3) is 0 Å². The number of rotatable bonds is 16. The molecule has 0 aliphatic rings. The van der Waals surface area contributed by atoms with Gasteiger partial charge >= 0.3 is 0 Å². The van der Waals surface area contributed by atoms with Crippen molar-refractivity contribution < 1.29 is 9.47 Å². The molecule has 3 nitrogen and oxygen atoms in total. The largest absolute Gasteiger partial charge is 0.353 e. The molecule has 23 heavy (non-hydrogen) atoms. The first kappa shape index (κ1) is 21.9. The van der Waals surface area contributed by atoms with E-state index < -0.39 is 0 Å².